The van der Waals surface area contributed by atoms with Gasteiger partial charge in [0, 0.05) is 13.2 Å². The Bertz CT molecular complexity index is 197. The second-order valence-corrected chi connectivity index (χ2v) is 3.98. The van der Waals surface area contributed by atoms with Crippen molar-refractivity contribution >= 4 is 5.78 Å². The van der Waals surface area contributed by atoms with E-state index in [9.17, 15) is 4.79 Å². The third kappa shape index (κ3) is 6.20. The van der Waals surface area contributed by atoms with Gasteiger partial charge in [0.25, 0.3) is 0 Å². The predicted octanol–water partition coefficient (Wildman–Crippen LogP) is 1.39. The largest absolute Gasteiger partial charge is 0.379 e. The molecular formula is C12H25NO3. The molecule has 0 fully saturated rings. The van der Waals surface area contributed by atoms with Gasteiger partial charge >= 0.3 is 0 Å². The predicted molar refractivity (Wildman–Crippen MR) is 64.7 cm³/mol. The van der Waals surface area contributed by atoms with Crippen molar-refractivity contribution < 1.29 is 14.3 Å². The first-order valence-corrected chi connectivity index (χ1v) is 5.98. The Balaban J connectivity index is 3.53. The van der Waals surface area contributed by atoms with Gasteiger partial charge in [-0.1, -0.05) is 6.92 Å². The lowest BCUT2D eigenvalue weighted by Crippen LogP contribution is -2.49. The van der Waals surface area contributed by atoms with Crippen molar-refractivity contribution in [1.82, 2.24) is 5.32 Å². The van der Waals surface area contributed by atoms with Crippen LogP contribution in [0.1, 0.15) is 34.1 Å². The second kappa shape index (κ2) is 8.67. The molecule has 0 bridgehead atoms. The fraction of sp³-hybridized carbons (Fsp3) is 0.917. The molecule has 4 heteroatoms. The lowest BCUT2D eigenvalue weighted by atomic mass is 9.94. The Morgan fingerprint density at radius 2 is 1.81 bits per heavy atom. The molecular weight excluding hydrogens is 206 g/mol. The van der Waals surface area contributed by atoms with Crippen molar-refractivity contribution in [1.29, 1.82) is 0 Å². The molecule has 0 aromatic rings. The summed E-state index contributed by atoms with van der Waals surface area (Å²) in [5.41, 5.74) is -0.413. The quantitative estimate of drug-likeness (QED) is 0.577. The van der Waals surface area contributed by atoms with Crippen LogP contribution in [0.25, 0.3) is 0 Å². The van der Waals surface area contributed by atoms with Crippen LogP contribution < -0.4 is 5.32 Å². The first-order valence-electron chi connectivity index (χ1n) is 5.98. The summed E-state index contributed by atoms with van der Waals surface area (Å²) in [7, 11) is 0. The molecule has 0 rings (SSSR count). The summed E-state index contributed by atoms with van der Waals surface area (Å²) in [4.78, 5) is 11.4. The maximum atomic E-state index is 11.4. The van der Waals surface area contributed by atoms with E-state index in [0.29, 0.717) is 26.4 Å². The highest BCUT2D eigenvalue weighted by Crippen LogP contribution is 2.09. The zero-order valence-corrected chi connectivity index (χ0v) is 11.0. The Morgan fingerprint density at radius 3 is 2.31 bits per heavy atom. The summed E-state index contributed by atoms with van der Waals surface area (Å²) in [6, 6.07) is 0. The van der Waals surface area contributed by atoms with E-state index in [1.54, 1.807) is 6.92 Å². The van der Waals surface area contributed by atoms with Crippen molar-refractivity contribution in [2.45, 2.75) is 39.7 Å². The van der Waals surface area contributed by atoms with E-state index in [0.717, 1.165) is 13.0 Å². The average Bonchev–Trinajstić information content (AvgIpc) is 2.27. The molecule has 0 aliphatic heterocycles. The number of carbonyl (C=O) groups excluding carboxylic acids is 1. The third-order valence-corrected chi connectivity index (χ3v) is 2.82. The minimum atomic E-state index is -0.413. The maximum absolute atomic E-state index is 11.4. The van der Waals surface area contributed by atoms with E-state index < -0.39 is 5.54 Å². The molecule has 0 amide bonds. The topological polar surface area (TPSA) is 47.6 Å². The molecule has 0 heterocycles. The molecule has 1 N–H and O–H groups in total. The lowest BCUT2D eigenvalue weighted by Gasteiger charge is -2.26. The normalized spacial score (nSPS) is 14.8. The molecule has 1 unspecified atom stereocenters. The number of hydrogen-bond donors (Lipinski definition) is 1. The van der Waals surface area contributed by atoms with Gasteiger partial charge in [0.2, 0.25) is 0 Å². The molecule has 16 heavy (non-hydrogen) atoms. The standard InChI is InChI=1S/C12H25NO3/c1-5-12(4,11(3)14)13-7-8-16-10-9-15-6-2/h13H,5-10H2,1-4H3. The van der Waals surface area contributed by atoms with Gasteiger partial charge in [-0.2, -0.15) is 0 Å². The molecule has 0 aliphatic carbocycles. The van der Waals surface area contributed by atoms with E-state index in [4.69, 9.17) is 9.47 Å². The zero-order valence-electron chi connectivity index (χ0n) is 11.0. The summed E-state index contributed by atoms with van der Waals surface area (Å²) >= 11 is 0. The lowest BCUT2D eigenvalue weighted by molar-refractivity contribution is -0.122. The van der Waals surface area contributed by atoms with Gasteiger partial charge in [0.15, 0.2) is 0 Å². The van der Waals surface area contributed by atoms with Crippen molar-refractivity contribution in [2.24, 2.45) is 0 Å². The molecule has 1 atom stereocenters. The van der Waals surface area contributed by atoms with Gasteiger partial charge in [-0.3, -0.25) is 4.79 Å². The van der Waals surface area contributed by atoms with Crippen LogP contribution in [-0.2, 0) is 14.3 Å². The number of ketones is 1. The molecule has 0 aromatic carbocycles. The third-order valence-electron chi connectivity index (χ3n) is 2.82. The number of hydrogen-bond acceptors (Lipinski definition) is 4. The summed E-state index contributed by atoms with van der Waals surface area (Å²) in [6.07, 6.45) is 0.793. The van der Waals surface area contributed by atoms with Crippen LogP contribution in [0.4, 0.5) is 0 Å². The highest BCUT2D eigenvalue weighted by atomic mass is 16.5. The smallest absolute Gasteiger partial charge is 0.149 e. The van der Waals surface area contributed by atoms with Gasteiger partial charge < -0.3 is 14.8 Å². The van der Waals surface area contributed by atoms with Crippen LogP contribution in [-0.4, -0.2) is 44.3 Å². The van der Waals surface area contributed by atoms with Gasteiger partial charge in [-0.15, -0.1) is 0 Å². The molecule has 96 valence electrons. The Labute approximate surface area is 98.7 Å². The van der Waals surface area contributed by atoms with Crippen LogP contribution in [0.2, 0.25) is 0 Å². The second-order valence-electron chi connectivity index (χ2n) is 3.98. The van der Waals surface area contributed by atoms with Crippen molar-refractivity contribution in [3.63, 3.8) is 0 Å². The molecule has 0 aliphatic rings. The molecule has 0 saturated carbocycles. The average molecular weight is 231 g/mol. The zero-order chi connectivity index (χ0) is 12.4. The minimum Gasteiger partial charge on any atom is -0.379 e. The Hall–Kier alpha value is -0.450. The van der Waals surface area contributed by atoms with Gasteiger partial charge in [-0.05, 0) is 27.2 Å². The summed E-state index contributed by atoms with van der Waals surface area (Å²) in [5, 5.41) is 3.22. The van der Waals surface area contributed by atoms with E-state index in [2.05, 4.69) is 5.32 Å². The minimum absolute atomic E-state index is 0.171. The van der Waals surface area contributed by atoms with Gasteiger partial charge in [0.1, 0.15) is 5.78 Å². The van der Waals surface area contributed by atoms with Gasteiger partial charge in [0.05, 0.1) is 25.4 Å². The van der Waals surface area contributed by atoms with Crippen LogP contribution in [0, 0.1) is 0 Å². The highest BCUT2D eigenvalue weighted by Gasteiger charge is 2.26. The fourth-order valence-electron chi connectivity index (χ4n) is 1.26. The number of carbonyl (C=O) groups is 1. The van der Waals surface area contributed by atoms with Crippen LogP contribution in [0.5, 0.6) is 0 Å². The molecule has 0 spiro atoms. The van der Waals surface area contributed by atoms with Crippen molar-refractivity contribution in [2.75, 3.05) is 33.0 Å². The summed E-state index contributed by atoms with van der Waals surface area (Å²) in [6.45, 7) is 10.8. The van der Waals surface area contributed by atoms with E-state index in [1.165, 1.54) is 0 Å². The number of ether oxygens (including phenoxy) is 2. The summed E-state index contributed by atoms with van der Waals surface area (Å²) < 4.78 is 10.5. The number of nitrogens with one attached hydrogen (secondary N) is 1. The van der Waals surface area contributed by atoms with E-state index >= 15 is 0 Å². The van der Waals surface area contributed by atoms with Crippen LogP contribution >= 0.6 is 0 Å². The van der Waals surface area contributed by atoms with Crippen molar-refractivity contribution in [3.8, 4) is 0 Å². The molecule has 0 saturated heterocycles. The van der Waals surface area contributed by atoms with E-state index in [1.807, 2.05) is 20.8 Å². The number of Topliss-reactive ketones (excluding diaryl/α,β-unsaturated/α-hetero) is 1. The molecule has 4 nitrogen and oxygen atoms in total. The molecule has 0 radical (unpaired) electrons. The first kappa shape index (κ1) is 15.6. The maximum Gasteiger partial charge on any atom is 0.149 e. The van der Waals surface area contributed by atoms with Gasteiger partial charge in [-0.25, -0.2) is 0 Å². The monoisotopic (exact) mass is 231 g/mol. The Kier molecular flexibility index (Phi) is 8.43. The van der Waals surface area contributed by atoms with Crippen LogP contribution in [0.3, 0.4) is 0 Å². The van der Waals surface area contributed by atoms with Crippen molar-refractivity contribution in [3.05, 3.63) is 0 Å². The van der Waals surface area contributed by atoms with E-state index in [-0.39, 0.29) is 5.78 Å². The number of rotatable bonds is 10. The summed E-state index contributed by atoms with van der Waals surface area (Å²) in [5.74, 6) is 0.171. The molecule has 0 aromatic heterocycles. The SMILES string of the molecule is CCOCCOCCNC(C)(CC)C(C)=O. The fourth-order valence-corrected chi connectivity index (χ4v) is 1.26. The van der Waals surface area contributed by atoms with Crippen LogP contribution in [0.15, 0.2) is 0 Å². The first-order chi connectivity index (χ1) is 7.56. The Morgan fingerprint density at radius 1 is 1.19 bits per heavy atom. The highest BCUT2D eigenvalue weighted by molar-refractivity contribution is 5.85.